The maximum atomic E-state index is 8.93. The van der Waals surface area contributed by atoms with Gasteiger partial charge in [0.05, 0.1) is 16.7 Å². The van der Waals surface area contributed by atoms with E-state index in [1.54, 1.807) is 6.08 Å². The number of imidazole rings is 1. The van der Waals surface area contributed by atoms with Crippen molar-refractivity contribution in [2.45, 2.75) is 19.4 Å². The number of rotatable bonds is 7. The lowest BCUT2D eigenvalue weighted by molar-refractivity contribution is 0.205. The molecule has 1 heterocycles. The molecule has 1 aromatic heterocycles. The molecule has 0 radical (unpaired) electrons. The Balaban J connectivity index is 1.75. The van der Waals surface area contributed by atoms with Gasteiger partial charge in [-0.2, -0.15) is 0 Å². The standard InChI is InChI=1S/C26H25N3O/c1-19(22-10-4-3-5-11-22)18-29-25-14-7-6-13-24(25)27-26(29)23-12-8-9-21(17-23)16-15-20(2)28-30/h3-17,19,28,30H,2,18H2,1H3/b16-15+/t19-/m1/s1. The summed E-state index contributed by atoms with van der Waals surface area (Å²) in [5, 5.41) is 8.93. The number of hydrogen-bond donors (Lipinski definition) is 2. The van der Waals surface area contributed by atoms with Gasteiger partial charge in [-0.15, -0.1) is 0 Å². The van der Waals surface area contributed by atoms with E-state index in [2.05, 4.69) is 72.7 Å². The average molecular weight is 396 g/mol. The number of benzene rings is 3. The Kier molecular flexibility index (Phi) is 5.77. The van der Waals surface area contributed by atoms with E-state index in [0.29, 0.717) is 11.6 Å². The molecule has 0 saturated carbocycles. The summed E-state index contributed by atoms with van der Waals surface area (Å²) in [7, 11) is 0. The molecule has 0 aliphatic rings. The van der Waals surface area contributed by atoms with Crippen LogP contribution in [0.2, 0.25) is 0 Å². The van der Waals surface area contributed by atoms with Crippen molar-refractivity contribution in [1.82, 2.24) is 15.0 Å². The van der Waals surface area contributed by atoms with Crippen LogP contribution in [0.4, 0.5) is 0 Å². The average Bonchev–Trinajstić information content (AvgIpc) is 3.16. The SMILES string of the molecule is C=C(/C=C/c1cccc(-c2nc3ccccc3n2C[C@@H](C)c2ccccc2)c1)NO. The monoisotopic (exact) mass is 395 g/mol. The maximum absolute atomic E-state index is 8.93. The molecule has 0 aliphatic carbocycles. The van der Waals surface area contributed by atoms with Crippen molar-refractivity contribution < 1.29 is 5.21 Å². The Morgan fingerprint density at radius 2 is 1.83 bits per heavy atom. The summed E-state index contributed by atoms with van der Waals surface area (Å²) < 4.78 is 2.31. The number of hydroxylamine groups is 1. The lowest BCUT2D eigenvalue weighted by Crippen LogP contribution is -2.08. The van der Waals surface area contributed by atoms with Crippen molar-refractivity contribution in [1.29, 1.82) is 0 Å². The van der Waals surface area contributed by atoms with E-state index in [1.165, 1.54) is 5.56 Å². The van der Waals surface area contributed by atoms with E-state index in [-0.39, 0.29) is 0 Å². The van der Waals surface area contributed by atoms with Crippen molar-refractivity contribution in [3.63, 3.8) is 0 Å². The summed E-state index contributed by atoms with van der Waals surface area (Å²) in [5.74, 6) is 1.30. The molecular weight excluding hydrogens is 370 g/mol. The maximum Gasteiger partial charge on any atom is 0.141 e. The zero-order valence-electron chi connectivity index (χ0n) is 17.0. The second-order valence-corrected chi connectivity index (χ2v) is 7.44. The summed E-state index contributed by atoms with van der Waals surface area (Å²) in [5.41, 5.74) is 7.99. The molecule has 4 rings (SSSR count). The highest BCUT2D eigenvalue weighted by molar-refractivity contribution is 5.81. The molecule has 0 saturated heterocycles. The van der Waals surface area contributed by atoms with Gasteiger partial charge < -0.3 is 4.57 Å². The highest BCUT2D eigenvalue weighted by atomic mass is 16.5. The first-order valence-electron chi connectivity index (χ1n) is 10.0. The van der Waals surface area contributed by atoms with Gasteiger partial charge >= 0.3 is 0 Å². The van der Waals surface area contributed by atoms with Gasteiger partial charge in [0.15, 0.2) is 0 Å². The van der Waals surface area contributed by atoms with Crippen molar-refractivity contribution >= 4 is 17.1 Å². The minimum Gasteiger partial charge on any atom is -0.323 e. The molecule has 30 heavy (non-hydrogen) atoms. The minimum absolute atomic E-state index is 0.351. The molecule has 0 fully saturated rings. The largest absolute Gasteiger partial charge is 0.323 e. The summed E-state index contributed by atoms with van der Waals surface area (Å²) in [6.45, 7) is 6.80. The van der Waals surface area contributed by atoms with Gasteiger partial charge in [-0.1, -0.05) is 80.2 Å². The smallest absolute Gasteiger partial charge is 0.141 e. The Hall–Kier alpha value is -3.63. The Morgan fingerprint density at radius 1 is 1.07 bits per heavy atom. The number of hydrogen-bond acceptors (Lipinski definition) is 3. The number of aromatic nitrogens is 2. The molecule has 3 aromatic carbocycles. The van der Waals surface area contributed by atoms with Gasteiger partial charge in [0.25, 0.3) is 0 Å². The molecule has 4 aromatic rings. The number of fused-ring (bicyclic) bond motifs is 1. The lowest BCUT2D eigenvalue weighted by atomic mass is 10.0. The summed E-state index contributed by atoms with van der Waals surface area (Å²) in [4.78, 5) is 4.95. The minimum atomic E-state index is 0.351. The van der Waals surface area contributed by atoms with Crippen LogP contribution in [0.3, 0.4) is 0 Å². The van der Waals surface area contributed by atoms with E-state index in [9.17, 15) is 0 Å². The zero-order chi connectivity index (χ0) is 20.9. The van der Waals surface area contributed by atoms with Crippen molar-refractivity contribution in [2.24, 2.45) is 0 Å². The lowest BCUT2D eigenvalue weighted by Gasteiger charge is -2.16. The van der Waals surface area contributed by atoms with Crippen LogP contribution in [0.15, 0.2) is 97.2 Å². The molecule has 0 amide bonds. The first-order valence-corrected chi connectivity index (χ1v) is 10.0. The Labute approximate surface area is 176 Å². The van der Waals surface area contributed by atoms with E-state index >= 15 is 0 Å². The third-order valence-corrected chi connectivity index (χ3v) is 5.24. The molecule has 0 aliphatic heterocycles. The van der Waals surface area contributed by atoms with E-state index in [0.717, 1.165) is 34.5 Å². The number of para-hydroxylation sites is 2. The fourth-order valence-corrected chi connectivity index (χ4v) is 3.66. The van der Waals surface area contributed by atoms with Crippen LogP contribution >= 0.6 is 0 Å². The van der Waals surface area contributed by atoms with Gasteiger partial charge in [0, 0.05) is 12.1 Å². The number of allylic oxidation sites excluding steroid dienone is 1. The molecule has 0 unspecified atom stereocenters. The molecular formula is C26H25N3O. The second kappa shape index (κ2) is 8.80. The van der Waals surface area contributed by atoms with Crippen molar-refractivity contribution in [2.75, 3.05) is 0 Å². The van der Waals surface area contributed by atoms with Crippen molar-refractivity contribution in [3.8, 4) is 11.4 Å². The Morgan fingerprint density at radius 3 is 2.63 bits per heavy atom. The number of nitrogens with zero attached hydrogens (tertiary/aromatic N) is 2. The van der Waals surface area contributed by atoms with Gasteiger partial charge in [0.1, 0.15) is 5.82 Å². The van der Waals surface area contributed by atoms with Crippen LogP contribution in [0.5, 0.6) is 0 Å². The third-order valence-electron chi connectivity index (χ3n) is 5.24. The molecule has 0 spiro atoms. The molecule has 1 atom stereocenters. The Bertz CT molecular complexity index is 1190. The van der Waals surface area contributed by atoms with Gasteiger partial charge in [-0.05, 0) is 41.3 Å². The normalized spacial score (nSPS) is 12.3. The van der Waals surface area contributed by atoms with Crippen LogP contribution < -0.4 is 5.48 Å². The molecule has 4 nitrogen and oxygen atoms in total. The van der Waals surface area contributed by atoms with Crippen LogP contribution in [0, 0.1) is 0 Å². The fourth-order valence-electron chi connectivity index (χ4n) is 3.66. The van der Waals surface area contributed by atoms with Crippen LogP contribution in [0.1, 0.15) is 24.0 Å². The third kappa shape index (κ3) is 4.19. The first-order chi connectivity index (χ1) is 14.7. The highest BCUT2D eigenvalue weighted by Crippen LogP contribution is 2.29. The summed E-state index contributed by atoms with van der Waals surface area (Å²) in [6.07, 6.45) is 3.65. The van der Waals surface area contributed by atoms with Gasteiger partial charge in [-0.25, -0.2) is 4.98 Å². The van der Waals surface area contributed by atoms with Crippen LogP contribution in [-0.4, -0.2) is 14.8 Å². The zero-order valence-corrected chi connectivity index (χ0v) is 17.0. The van der Waals surface area contributed by atoms with Gasteiger partial charge in [-0.3, -0.25) is 10.7 Å². The van der Waals surface area contributed by atoms with Gasteiger partial charge in [0.2, 0.25) is 0 Å². The van der Waals surface area contributed by atoms with Crippen molar-refractivity contribution in [3.05, 3.63) is 108 Å². The first kappa shape index (κ1) is 19.7. The quantitative estimate of drug-likeness (QED) is 0.297. The van der Waals surface area contributed by atoms with Crippen LogP contribution in [-0.2, 0) is 6.54 Å². The summed E-state index contributed by atoms with van der Waals surface area (Å²) in [6, 6.07) is 27.1. The van der Waals surface area contributed by atoms with E-state index < -0.39 is 0 Å². The second-order valence-electron chi connectivity index (χ2n) is 7.44. The number of nitrogens with one attached hydrogen (secondary N) is 1. The predicted octanol–water partition coefficient (Wildman–Crippen LogP) is 6.01. The van der Waals surface area contributed by atoms with E-state index in [4.69, 9.17) is 10.2 Å². The molecule has 4 heteroatoms. The predicted molar refractivity (Wildman–Crippen MR) is 123 cm³/mol. The molecule has 0 bridgehead atoms. The van der Waals surface area contributed by atoms with E-state index in [1.807, 2.05) is 35.8 Å². The highest BCUT2D eigenvalue weighted by Gasteiger charge is 2.15. The summed E-state index contributed by atoms with van der Waals surface area (Å²) >= 11 is 0. The molecule has 2 N–H and O–H groups in total. The fraction of sp³-hybridized carbons (Fsp3) is 0.115. The topological polar surface area (TPSA) is 50.1 Å². The van der Waals surface area contributed by atoms with Crippen LogP contribution in [0.25, 0.3) is 28.5 Å². The molecule has 150 valence electrons.